The van der Waals surface area contributed by atoms with Gasteiger partial charge in [-0.15, -0.1) is 6.58 Å². The second-order valence-corrected chi connectivity index (χ2v) is 7.19. The van der Waals surface area contributed by atoms with Crippen molar-refractivity contribution in [3.05, 3.63) is 40.9 Å². The third-order valence-electron chi connectivity index (χ3n) is 2.58. The molecule has 110 valence electrons. The first-order valence-electron chi connectivity index (χ1n) is 5.86. The van der Waals surface area contributed by atoms with Crippen LogP contribution < -0.4 is 5.32 Å². The van der Waals surface area contributed by atoms with Crippen molar-refractivity contribution in [1.29, 1.82) is 0 Å². The first-order chi connectivity index (χ1) is 9.24. The van der Waals surface area contributed by atoms with Gasteiger partial charge in [0.25, 0.3) is 0 Å². The van der Waals surface area contributed by atoms with E-state index in [1.165, 1.54) is 6.08 Å². The number of rotatable bonds is 6. The average molecular weight is 361 g/mol. The number of nitrogens with one attached hydrogen (secondary N) is 1. The molecule has 0 aromatic heterocycles. The predicted molar refractivity (Wildman–Crippen MR) is 84.1 cm³/mol. The monoisotopic (exact) mass is 360 g/mol. The largest absolute Gasteiger partial charge is 0.325 e. The summed E-state index contributed by atoms with van der Waals surface area (Å²) in [6.45, 7) is 5.28. The van der Waals surface area contributed by atoms with E-state index in [2.05, 4.69) is 27.8 Å². The van der Waals surface area contributed by atoms with Crippen LogP contribution in [-0.4, -0.2) is 38.0 Å². The van der Waals surface area contributed by atoms with Crippen molar-refractivity contribution in [2.24, 2.45) is 0 Å². The van der Waals surface area contributed by atoms with Crippen molar-refractivity contribution in [2.75, 3.05) is 24.7 Å². The van der Waals surface area contributed by atoms with Gasteiger partial charge in [-0.05, 0) is 24.6 Å². The summed E-state index contributed by atoms with van der Waals surface area (Å²) in [4.78, 5) is 11.9. The topological polar surface area (TPSA) is 66.5 Å². The number of aryl methyl sites for hydroxylation is 1. The number of benzene rings is 1. The lowest BCUT2D eigenvalue weighted by molar-refractivity contribution is -0.116. The van der Waals surface area contributed by atoms with Crippen molar-refractivity contribution < 1.29 is 13.2 Å². The normalized spacial score (nSPS) is 11.4. The van der Waals surface area contributed by atoms with Crippen molar-refractivity contribution in [3.8, 4) is 0 Å². The van der Waals surface area contributed by atoms with Crippen LogP contribution in [0.25, 0.3) is 0 Å². The van der Waals surface area contributed by atoms with Gasteiger partial charge in [-0.3, -0.25) is 4.79 Å². The van der Waals surface area contributed by atoms with Crippen LogP contribution in [0.4, 0.5) is 5.69 Å². The van der Waals surface area contributed by atoms with Crippen LogP contribution >= 0.6 is 15.9 Å². The molecule has 0 saturated heterocycles. The third-order valence-corrected chi connectivity index (χ3v) is 4.65. The Balaban J connectivity index is 2.75. The maximum atomic E-state index is 11.9. The van der Waals surface area contributed by atoms with Gasteiger partial charge >= 0.3 is 0 Å². The molecule has 7 heteroatoms. The van der Waals surface area contributed by atoms with Crippen molar-refractivity contribution in [1.82, 2.24) is 4.31 Å². The lowest BCUT2D eigenvalue weighted by atomic mass is 10.2. The molecule has 0 fully saturated rings. The summed E-state index contributed by atoms with van der Waals surface area (Å²) in [6.07, 6.45) is 2.50. The molecule has 0 aliphatic heterocycles. The highest BCUT2D eigenvalue weighted by molar-refractivity contribution is 9.10. The molecule has 5 nitrogen and oxygen atoms in total. The maximum Gasteiger partial charge on any atom is 0.239 e. The van der Waals surface area contributed by atoms with Gasteiger partial charge in [0.15, 0.2) is 0 Å². The van der Waals surface area contributed by atoms with Gasteiger partial charge in [-0.1, -0.05) is 28.1 Å². The minimum atomic E-state index is -3.44. The van der Waals surface area contributed by atoms with Crippen LogP contribution in [0.3, 0.4) is 0 Å². The Hall–Kier alpha value is -1.18. The molecule has 0 atom stereocenters. The van der Waals surface area contributed by atoms with Crippen LogP contribution in [-0.2, 0) is 14.8 Å². The summed E-state index contributed by atoms with van der Waals surface area (Å²) in [6, 6.07) is 5.39. The average Bonchev–Trinajstić information content (AvgIpc) is 2.32. The minimum absolute atomic E-state index is 0.101. The van der Waals surface area contributed by atoms with Gasteiger partial charge in [-0.2, -0.15) is 4.31 Å². The molecule has 0 aliphatic carbocycles. The predicted octanol–water partition coefficient (Wildman–Crippen LogP) is 2.14. The Morgan fingerprint density at radius 2 is 2.15 bits per heavy atom. The molecule has 0 aliphatic rings. The molecule has 0 heterocycles. The number of anilines is 1. The molecule has 1 aromatic carbocycles. The fourth-order valence-electron chi connectivity index (χ4n) is 1.49. The second kappa shape index (κ2) is 7.01. The maximum absolute atomic E-state index is 11.9. The van der Waals surface area contributed by atoms with E-state index in [-0.39, 0.29) is 13.1 Å². The number of sulfonamides is 1. The molecule has 0 radical (unpaired) electrons. The van der Waals surface area contributed by atoms with Crippen LogP contribution in [0.5, 0.6) is 0 Å². The lowest BCUT2D eigenvalue weighted by Gasteiger charge is -2.17. The lowest BCUT2D eigenvalue weighted by Crippen LogP contribution is -2.37. The number of hydrogen-bond donors (Lipinski definition) is 1. The molecule has 0 saturated carbocycles. The van der Waals surface area contributed by atoms with Gasteiger partial charge in [0.05, 0.1) is 12.8 Å². The van der Waals surface area contributed by atoms with E-state index in [0.717, 1.165) is 20.6 Å². The zero-order valence-electron chi connectivity index (χ0n) is 11.4. The number of carbonyl (C=O) groups is 1. The number of nitrogens with zero attached hydrogens (tertiary/aromatic N) is 1. The van der Waals surface area contributed by atoms with Crippen LogP contribution in [0, 0.1) is 6.92 Å². The zero-order chi connectivity index (χ0) is 15.3. The van der Waals surface area contributed by atoms with Crippen LogP contribution in [0.2, 0.25) is 0 Å². The molecule has 0 unspecified atom stereocenters. The van der Waals surface area contributed by atoms with Gasteiger partial charge < -0.3 is 5.32 Å². The summed E-state index contributed by atoms with van der Waals surface area (Å²) in [5, 5.41) is 2.66. The summed E-state index contributed by atoms with van der Waals surface area (Å²) in [5.41, 5.74) is 1.66. The molecule has 1 rings (SSSR count). The molecule has 1 N–H and O–H groups in total. The van der Waals surface area contributed by atoms with E-state index in [0.29, 0.717) is 5.69 Å². The van der Waals surface area contributed by atoms with Crippen molar-refractivity contribution in [2.45, 2.75) is 6.92 Å². The number of hydrogen-bond acceptors (Lipinski definition) is 3. The van der Waals surface area contributed by atoms with E-state index in [4.69, 9.17) is 0 Å². The summed E-state index contributed by atoms with van der Waals surface area (Å²) in [7, 11) is -3.44. The zero-order valence-corrected chi connectivity index (χ0v) is 13.8. The number of carbonyl (C=O) groups excluding carboxylic acids is 1. The van der Waals surface area contributed by atoms with E-state index >= 15 is 0 Å². The Bertz CT molecular complexity index is 614. The van der Waals surface area contributed by atoms with Gasteiger partial charge in [0.1, 0.15) is 0 Å². The molecular formula is C13H17BrN2O3S. The highest BCUT2D eigenvalue weighted by Gasteiger charge is 2.18. The van der Waals surface area contributed by atoms with E-state index in [9.17, 15) is 13.2 Å². The summed E-state index contributed by atoms with van der Waals surface area (Å²) < 4.78 is 24.9. The number of halogens is 1. The van der Waals surface area contributed by atoms with Crippen molar-refractivity contribution >= 4 is 37.5 Å². The Kier molecular flexibility index (Phi) is 5.91. The van der Waals surface area contributed by atoms with Gasteiger partial charge in [0.2, 0.25) is 15.9 Å². The van der Waals surface area contributed by atoms with Gasteiger partial charge in [0, 0.05) is 16.7 Å². The second-order valence-electron chi connectivity index (χ2n) is 4.36. The summed E-state index contributed by atoms with van der Waals surface area (Å²) in [5.74, 6) is -0.395. The van der Waals surface area contributed by atoms with Crippen LogP contribution in [0.1, 0.15) is 5.56 Å². The Morgan fingerprint density at radius 1 is 1.50 bits per heavy atom. The first kappa shape index (κ1) is 16.9. The quantitative estimate of drug-likeness (QED) is 0.790. The molecule has 0 spiro atoms. The molecule has 1 amide bonds. The Labute approximate surface area is 127 Å². The van der Waals surface area contributed by atoms with Gasteiger partial charge in [-0.25, -0.2) is 8.42 Å². The summed E-state index contributed by atoms with van der Waals surface area (Å²) >= 11 is 3.37. The molecule has 1 aromatic rings. The van der Waals surface area contributed by atoms with E-state index < -0.39 is 15.9 Å². The smallest absolute Gasteiger partial charge is 0.239 e. The van der Waals surface area contributed by atoms with Crippen LogP contribution in [0.15, 0.2) is 35.3 Å². The third kappa shape index (κ3) is 5.07. The van der Waals surface area contributed by atoms with Crippen molar-refractivity contribution in [3.63, 3.8) is 0 Å². The molecule has 0 bridgehead atoms. The SMILES string of the molecule is C=CCN(CC(=O)Nc1ccc(C)c(Br)c1)S(C)(=O)=O. The highest BCUT2D eigenvalue weighted by Crippen LogP contribution is 2.20. The molecular weight excluding hydrogens is 344 g/mol. The fraction of sp³-hybridized carbons (Fsp3) is 0.308. The highest BCUT2D eigenvalue weighted by atomic mass is 79.9. The Morgan fingerprint density at radius 3 is 2.65 bits per heavy atom. The number of amides is 1. The standard InChI is InChI=1S/C13H17BrN2O3S/c1-4-7-16(20(3,18)19)9-13(17)15-11-6-5-10(2)12(14)8-11/h4-6,8H,1,7,9H2,2-3H3,(H,15,17). The van der Waals surface area contributed by atoms with E-state index in [1.54, 1.807) is 12.1 Å². The molecule has 20 heavy (non-hydrogen) atoms. The fourth-order valence-corrected chi connectivity index (χ4v) is 2.60. The minimum Gasteiger partial charge on any atom is -0.325 e. The first-order valence-corrected chi connectivity index (χ1v) is 8.50. The van der Waals surface area contributed by atoms with E-state index in [1.807, 2.05) is 13.0 Å².